The molecule has 2 aliphatic rings. The smallest absolute Gasteiger partial charge is 0.315 e. The van der Waals surface area contributed by atoms with Crippen molar-refractivity contribution in [1.29, 1.82) is 0 Å². The van der Waals surface area contributed by atoms with Gasteiger partial charge in [-0.1, -0.05) is 32.6 Å². The molecule has 0 heterocycles. The molecule has 2 unspecified atom stereocenters. The van der Waals surface area contributed by atoms with Crippen LogP contribution >= 0.6 is 0 Å². The second-order valence-corrected chi connectivity index (χ2v) is 6.81. The first-order chi connectivity index (χ1) is 10.0. The molecule has 2 rings (SSSR count). The molecule has 0 saturated heterocycles. The first kappa shape index (κ1) is 16.1. The van der Waals surface area contributed by atoms with Gasteiger partial charge in [0.25, 0.3) is 0 Å². The number of carboxylic acids is 1. The molecule has 0 bridgehead atoms. The number of rotatable bonds is 6. The predicted molar refractivity (Wildman–Crippen MR) is 81.1 cm³/mol. The van der Waals surface area contributed by atoms with Gasteiger partial charge in [-0.2, -0.15) is 0 Å². The zero-order chi connectivity index (χ0) is 15.3. The Balaban J connectivity index is 1.77. The van der Waals surface area contributed by atoms with Gasteiger partial charge in [-0.05, 0) is 37.0 Å². The lowest BCUT2D eigenvalue weighted by atomic mass is 9.66. The molecular formula is C16H28N2O3. The number of urea groups is 1. The Hall–Kier alpha value is -1.26. The predicted octanol–water partition coefficient (Wildman–Crippen LogP) is 2.90. The second kappa shape index (κ2) is 7.14. The van der Waals surface area contributed by atoms with E-state index in [1.807, 2.05) is 0 Å². The van der Waals surface area contributed by atoms with Crippen LogP contribution < -0.4 is 10.6 Å². The second-order valence-electron chi connectivity index (χ2n) is 6.81. The van der Waals surface area contributed by atoms with Crippen LogP contribution in [0.2, 0.25) is 0 Å². The minimum Gasteiger partial charge on any atom is -0.481 e. The average molecular weight is 296 g/mol. The Labute approximate surface area is 126 Å². The average Bonchev–Trinajstić information content (AvgIpc) is 2.42. The Bertz CT molecular complexity index is 380. The highest BCUT2D eigenvalue weighted by molar-refractivity contribution is 5.74. The fourth-order valence-corrected chi connectivity index (χ4v) is 3.79. The lowest BCUT2D eigenvalue weighted by molar-refractivity contribution is -0.141. The fraction of sp³-hybridized carbons (Fsp3) is 0.875. The van der Waals surface area contributed by atoms with E-state index in [2.05, 4.69) is 17.6 Å². The molecule has 5 nitrogen and oxygen atoms in total. The van der Waals surface area contributed by atoms with Crippen LogP contribution in [0.5, 0.6) is 0 Å². The molecule has 3 N–H and O–H groups in total. The van der Waals surface area contributed by atoms with Crippen LogP contribution in [0.3, 0.4) is 0 Å². The summed E-state index contributed by atoms with van der Waals surface area (Å²) in [5.74, 6) is -0.184. The van der Waals surface area contributed by atoms with E-state index in [0.29, 0.717) is 12.5 Å². The van der Waals surface area contributed by atoms with Crippen LogP contribution in [-0.4, -0.2) is 29.7 Å². The first-order valence-corrected chi connectivity index (χ1v) is 8.31. The van der Waals surface area contributed by atoms with Gasteiger partial charge < -0.3 is 15.7 Å². The van der Waals surface area contributed by atoms with Gasteiger partial charge in [0.1, 0.15) is 0 Å². The lowest BCUT2D eigenvalue weighted by Gasteiger charge is -2.41. The molecule has 0 aromatic carbocycles. The van der Waals surface area contributed by atoms with Crippen molar-refractivity contribution in [3.05, 3.63) is 0 Å². The Kier molecular flexibility index (Phi) is 5.48. The number of carbonyl (C=O) groups excluding carboxylic acids is 1. The third-order valence-corrected chi connectivity index (χ3v) is 5.31. The first-order valence-electron chi connectivity index (χ1n) is 8.31. The van der Waals surface area contributed by atoms with Gasteiger partial charge in [-0.15, -0.1) is 0 Å². The van der Waals surface area contributed by atoms with E-state index in [4.69, 9.17) is 5.11 Å². The summed E-state index contributed by atoms with van der Waals surface area (Å²) in [6.45, 7) is 2.66. The summed E-state index contributed by atoms with van der Waals surface area (Å²) in [7, 11) is 0. The van der Waals surface area contributed by atoms with Gasteiger partial charge in [0.05, 0.1) is 6.42 Å². The number of amides is 2. The van der Waals surface area contributed by atoms with Crippen LogP contribution in [0.1, 0.15) is 64.7 Å². The Morgan fingerprint density at radius 2 is 1.90 bits per heavy atom. The molecule has 2 aliphatic carbocycles. The monoisotopic (exact) mass is 296 g/mol. The van der Waals surface area contributed by atoms with Crippen molar-refractivity contribution in [3.8, 4) is 0 Å². The summed E-state index contributed by atoms with van der Waals surface area (Å²) in [4.78, 5) is 23.0. The number of hydrogen-bond acceptors (Lipinski definition) is 2. The standard InChI is InChI=1S/C16H28N2O3/c1-2-12-6-3-4-7-13(12)18-15(21)17-11-16(8-5-9-16)10-14(19)20/h12-13H,2-11H2,1H3,(H,19,20)(H2,17,18,21). The molecule has 0 aromatic rings. The van der Waals surface area contributed by atoms with Crippen molar-refractivity contribution in [3.63, 3.8) is 0 Å². The highest BCUT2D eigenvalue weighted by Crippen LogP contribution is 2.43. The Morgan fingerprint density at radius 1 is 1.19 bits per heavy atom. The third kappa shape index (κ3) is 4.35. The molecule has 0 radical (unpaired) electrons. The van der Waals surface area contributed by atoms with Gasteiger partial charge in [-0.3, -0.25) is 4.79 Å². The number of carbonyl (C=O) groups is 2. The zero-order valence-corrected chi connectivity index (χ0v) is 13.0. The van der Waals surface area contributed by atoms with E-state index >= 15 is 0 Å². The van der Waals surface area contributed by atoms with Crippen molar-refractivity contribution in [1.82, 2.24) is 10.6 Å². The van der Waals surface area contributed by atoms with Crippen molar-refractivity contribution >= 4 is 12.0 Å². The van der Waals surface area contributed by atoms with Crippen molar-refractivity contribution in [2.75, 3.05) is 6.54 Å². The highest BCUT2D eigenvalue weighted by Gasteiger charge is 2.39. The summed E-state index contributed by atoms with van der Waals surface area (Å²) < 4.78 is 0. The summed E-state index contributed by atoms with van der Waals surface area (Å²) in [5, 5.41) is 15.0. The molecule has 2 saturated carbocycles. The molecule has 0 aliphatic heterocycles. The van der Waals surface area contributed by atoms with Crippen LogP contribution in [0.25, 0.3) is 0 Å². The van der Waals surface area contributed by atoms with E-state index in [9.17, 15) is 9.59 Å². The molecule has 2 amide bonds. The minimum atomic E-state index is -0.768. The van der Waals surface area contributed by atoms with Gasteiger partial charge in [0.2, 0.25) is 0 Å². The minimum absolute atomic E-state index is 0.128. The molecule has 0 aromatic heterocycles. The van der Waals surface area contributed by atoms with Crippen molar-refractivity contribution in [2.24, 2.45) is 11.3 Å². The Morgan fingerprint density at radius 3 is 2.48 bits per heavy atom. The van der Waals surface area contributed by atoms with Crippen LogP contribution in [-0.2, 0) is 4.79 Å². The fourth-order valence-electron chi connectivity index (χ4n) is 3.79. The van der Waals surface area contributed by atoms with Crippen molar-refractivity contribution in [2.45, 2.75) is 70.8 Å². The molecule has 2 atom stereocenters. The van der Waals surface area contributed by atoms with Crippen LogP contribution in [0.4, 0.5) is 4.79 Å². The summed E-state index contributed by atoms with van der Waals surface area (Å²) in [5.41, 5.74) is -0.208. The lowest BCUT2D eigenvalue weighted by Crippen LogP contribution is -2.50. The molecular weight excluding hydrogens is 268 g/mol. The topological polar surface area (TPSA) is 78.4 Å². The van der Waals surface area contributed by atoms with E-state index in [1.54, 1.807) is 0 Å². The van der Waals surface area contributed by atoms with Crippen molar-refractivity contribution < 1.29 is 14.7 Å². The zero-order valence-electron chi connectivity index (χ0n) is 13.0. The SMILES string of the molecule is CCC1CCCCC1NC(=O)NCC1(CC(=O)O)CCC1. The van der Waals surface area contributed by atoms with E-state index in [0.717, 1.165) is 32.1 Å². The van der Waals surface area contributed by atoms with Gasteiger partial charge in [0, 0.05) is 12.6 Å². The molecule has 2 fully saturated rings. The molecule has 120 valence electrons. The normalized spacial score (nSPS) is 27.5. The summed E-state index contributed by atoms with van der Waals surface area (Å²) in [6, 6.07) is 0.151. The maximum absolute atomic E-state index is 12.1. The number of hydrogen-bond donors (Lipinski definition) is 3. The molecule has 0 spiro atoms. The van der Waals surface area contributed by atoms with Crippen LogP contribution in [0.15, 0.2) is 0 Å². The van der Waals surface area contributed by atoms with Gasteiger partial charge in [0.15, 0.2) is 0 Å². The van der Waals surface area contributed by atoms with E-state index < -0.39 is 5.97 Å². The quantitative estimate of drug-likeness (QED) is 0.705. The molecule has 5 heteroatoms. The largest absolute Gasteiger partial charge is 0.481 e. The van der Waals surface area contributed by atoms with Gasteiger partial charge >= 0.3 is 12.0 Å². The van der Waals surface area contributed by atoms with E-state index in [-0.39, 0.29) is 23.9 Å². The van der Waals surface area contributed by atoms with Crippen LogP contribution in [0, 0.1) is 11.3 Å². The number of carboxylic acid groups (broad SMARTS) is 1. The maximum atomic E-state index is 12.1. The molecule has 21 heavy (non-hydrogen) atoms. The maximum Gasteiger partial charge on any atom is 0.315 e. The summed E-state index contributed by atoms with van der Waals surface area (Å²) in [6.07, 6.45) is 8.85. The highest BCUT2D eigenvalue weighted by atomic mass is 16.4. The van der Waals surface area contributed by atoms with Gasteiger partial charge in [-0.25, -0.2) is 4.79 Å². The number of aliphatic carboxylic acids is 1. The van der Waals surface area contributed by atoms with E-state index in [1.165, 1.54) is 19.3 Å². The summed E-state index contributed by atoms with van der Waals surface area (Å²) >= 11 is 0. The number of nitrogens with one attached hydrogen (secondary N) is 2. The third-order valence-electron chi connectivity index (χ3n) is 5.31.